The zero-order chi connectivity index (χ0) is 17.8. The van der Waals surface area contributed by atoms with Gasteiger partial charge in [0.1, 0.15) is 0 Å². The first-order valence-corrected chi connectivity index (χ1v) is 9.82. The fourth-order valence-electron chi connectivity index (χ4n) is 3.49. The second kappa shape index (κ2) is 7.99. The van der Waals surface area contributed by atoms with E-state index in [1.54, 1.807) is 11.3 Å². The second-order valence-electron chi connectivity index (χ2n) is 6.42. The molecule has 4 rings (SSSR count). The lowest BCUT2D eigenvalue weighted by Gasteiger charge is -2.34. The summed E-state index contributed by atoms with van der Waals surface area (Å²) >= 11 is 1.74. The van der Waals surface area contributed by atoms with Gasteiger partial charge in [0, 0.05) is 30.1 Å². The molecule has 1 atom stereocenters. The molecule has 0 radical (unpaired) electrons. The van der Waals surface area contributed by atoms with Crippen LogP contribution in [0.2, 0.25) is 0 Å². The Balaban J connectivity index is 1.52. The summed E-state index contributed by atoms with van der Waals surface area (Å²) in [5.74, 6) is -0.0170. The number of fused-ring (bicyclic) bond motifs is 1. The van der Waals surface area contributed by atoms with Gasteiger partial charge >= 0.3 is 0 Å². The number of hydrogen-bond acceptors (Lipinski definition) is 4. The monoisotopic (exact) mass is 366 g/mol. The largest absolute Gasteiger partial charge is 0.379 e. The minimum absolute atomic E-state index is 0.0170. The van der Waals surface area contributed by atoms with Crippen LogP contribution in [0.4, 0.5) is 0 Å². The third-order valence-corrected chi connectivity index (χ3v) is 5.82. The zero-order valence-electron chi connectivity index (χ0n) is 14.6. The van der Waals surface area contributed by atoms with Gasteiger partial charge in [-0.05, 0) is 28.3 Å². The molecule has 134 valence electrons. The Kier molecular flexibility index (Phi) is 5.29. The minimum Gasteiger partial charge on any atom is -0.379 e. The number of carbonyl (C=O) groups is 1. The molecule has 5 heteroatoms. The van der Waals surface area contributed by atoms with Gasteiger partial charge in [0.15, 0.2) is 0 Å². The molecule has 0 spiro atoms. The van der Waals surface area contributed by atoms with Gasteiger partial charge in [-0.1, -0.05) is 42.5 Å². The van der Waals surface area contributed by atoms with Crippen molar-refractivity contribution in [2.24, 2.45) is 0 Å². The summed E-state index contributed by atoms with van der Waals surface area (Å²) in [7, 11) is 0. The average Bonchev–Trinajstić information content (AvgIpc) is 3.23. The Labute approximate surface area is 157 Å². The number of benzene rings is 2. The standard InChI is InChI=1S/C21H22N2O2S/c24-21(18-8-3-6-16-5-1-2-7-17(16)18)22-15-19(20-9-4-14-26-20)23-10-12-25-13-11-23/h1-9,14,19H,10-13,15H2,(H,22,24). The number of amides is 1. The molecule has 0 saturated carbocycles. The minimum atomic E-state index is -0.0170. The Morgan fingerprint density at radius 1 is 1.08 bits per heavy atom. The molecular weight excluding hydrogens is 344 g/mol. The summed E-state index contributed by atoms with van der Waals surface area (Å²) in [6.45, 7) is 3.89. The van der Waals surface area contributed by atoms with Crippen molar-refractivity contribution < 1.29 is 9.53 Å². The zero-order valence-corrected chi connectivity index (χ0v) is 15.4. The molecule has 2 aromatic carbocycles. The molecule has 3 aromatic rings. The maximum atomic E-state index is 12.9. The van der Waals surface area contributed by atoms with Crippen LogP contribution >= 0.6 is 11.3 Å². The topological polar surface area (TPSA) is 41.6 Å². The van der Waals surface area contributed by atoms with E-state index in [2.05, 4.69) is 27.7 Å². The maximum Gasteiger partial charge on any atom is 0.251 e. The van der Waals surface area contributed by atoms with Crippen LogP contribution in [0.25, 0.3) is 10.8 Å². The van der Waals surface area contributed by atoms with E-state index < -0.39 is 0 Å². The first kappa shape index (κ1) is 17.2. The average molecular weight is 366 g/mol. The summed E-state index contributed by atoms with van der Waals surface area (Å²) in [5, 5.41) is 7.33. The molecule has 1 aliphatic rings. The lowest BCUT2D eigenvalue weighted by atomic mass is 10.0. The Hall–Kier alpha value is -2.21. The van der Waals surface area contributed by atoms with Crippen LogP contribution < -0.4 is 5.32 Å². The molecule has 2 heterocycles. The number of ether oxygens (including phenoxy) is 1. The van der Waals surface area contributed by atoms with Crippen LogP contribution in [-0.2, 0) is 4.74 Å². The van der Waals surface area contributed by atoms with Crippen LogP contribution in [-0.4, -0.2) is 43.7 Å². The summed E-state index contributed by atoms with van der Waals surface area (Å²) in [6, 6.07) is 18.3. The maximum absolute atomic E-state index is 12.9. The first-order chi connectivity index (χ1) is 12.8. The van der Waals surface area contributed by atoms with Crippen molar-refractivity contribution in [3.05, 3.63) is 70.4 Å². The smallest absolute Gasteiger partial charge is 0.251 e. The first-order valence-electron chi connectivity index (χ1n) is 8.94. The molecule has 1 amide bonds. The van der Waals surface area contributed by atoms with E-state index in [-0.39, 0.29) is 11.9 Å². The Morgan fingerprint density at radius 2 is 1.88 bits per heavy atom. The highest BCUT2D eigenvalue weighted by molar-refractivity contribution is 7.10. The lowest BCUT2D eigenvalue weighted by molar-refractivity contribution is 0.0169. The van der Waals surface area contributed by atoms with E-state index in [0.717, 1.165) is 42.6 Å². The fraction of sp³-hybridized carbons (Fsp3) is 0.286. The number of carbonyl (C=O) groups excluding carboxylic acids is 1. The van der Waals surface area contributed by atoms with E-state index in [0.29, 0.717) is 6.54 Å². The van der Waals surface area contributed by atoms with Gasteiger partial charge in [0.05, 0.1) is 19.3 Å². The molecule has 1 unspecified atom stereocenters. The van der Waals surface area contributed by atoms with Crippen molar-refractivity contribution in [2.45, 2.75) is 6.04 Å². The Morgan fingerprint density at radius 3 is 2.69 bits per heavy atom. The summed E-state index contributed by atoms with van der Waals surface area (Å²) in [5.41, 5.74) is 0.731. The molecule has 1 aromatic heterocycles. The van der Waals surface area contributed by atoms with E-state index in [1.807, 2.05) is 42.5 Å². The van der Waals surface area contributed by atoms with Gasteiger partial charge in [-0.15, -0.1) is 11.3 Å². The lowest BCUT2D eigenvalue weighted by Crippen LogP contribution is -2.43. The summed E-state index contributed by atoms with van der Waals surface area (Å²) in [6.07, 6.45) is 0. The van der Waals surface area contributed by atoms with E-state index in [1.165, 1.54) is 4.88 Å². The normalized spacial score (nSPS) is 16.5. The van der Waals surface area contributed by atoms with Gasteiger partial charge in [-0.2, -0.15) is 0 Å². The predicted molar refractivity (Wildman–Crippen MR) is 106 cm³/mol. The fourth-order valence-corrected chi connectivity index (χ4v) is 4.35. The molecule has 1 N–H and O–H groups in total. The SMILES string of the molecule is O=C(NCC(c1cccs1)N1CCOCC1)c1cccc2ccccc12. The van der Waals surface area contributed by atoms with Crippen molar-refractivity contribution in [1.29, 1.82) is 0 Å². The van der Waals surface area contributed by atoms with E-state index in [9.17, 15) is 4.79 Å². The molecule has 1 saturated heterocycles. The molecule has 4 nitrogen and oxygen atoms in total. The highest BCUT2D eigenvalue weighted by Gasteiger charge is 2.24. The highest BCUT2D eigenvalue weighted by atomic mass is 32.1. The van der Waals surface area contributed by atoms with E-state index >= 15 is 0 Å². The summed E-state index contributed by atoms with van der Waals surface area (Å²) < 4.78 is 5.48. The molecular formula is C21H22N2O2S. The van der Waals surface area contributed by atoms with Crippen LogP contribution in [0.5, 0.6) is 0 Å². The molecule has 26 heavy (non-hydrogen) atoms. The molecule has 0 bridgehead atoms. The third kappa shape index (κ3) is 3.65. The van der Waals surface area contributed by atoms with Crippen molar-refractivity contribution in [3.8, 4) is 0 Å². The second-order valence-corrected chi connectivity index (χ2v) is 7.40. The van der Waals surface area contributed by atoms with Gasteiger partial charge in [-0.25, -0.2) is 0 Å². The quantitative estimate of drug-likeness (QED) is 0.749. The number of nitrogens with zero attached hydrogens (tertiary/aromatic N) is 1. The predicted octanol–water partition coefficient (Wildman–Crippen LogP) is 3.70. The summed E-state index contributed by atoms with van der Waals surface area (Å²) in [4.78, 5) is 16.5. The van der Waals surface area contributed by atoms with Gasteiger partial charge in [0.25, 0.3) is 5.91 Å². The number of rotatable bonds is 5. The van der Waals surface area contributed by atoms with Crippen molar-refractivity contribution >= 4 is 28.0 Å². The van der Waals surface area contributed by atoms with Gasteiger partial charge < -0.3 is 10.1 Å². The molecule has 1 fully saturated rings. The van der Waals surface area contributed by atoms with Crippen molar-refractivity contribution in [2.75, 3.05) is 32.8 Å². The molecule has 1 aliphatic heterocycles. The Bertz CT molecular complexity index is 867. The number of thiophene rings is 1. The number of hydrogen-bond donors (Lipinski definition) is 1. The number of nitrogens with one attached hydrogen (secondary N) is 1. The van der Waals surface area contributed by atoms with Gasteiger partial charge in [-0.3, -0.25) is 9.69 Å². The van der Waals surface area contributed by atoms with Crippen LogP contribution in [0, 0.1) is 0 Å². The van der Waals surface area contributed by atoms with Crippen LogP contribution in [0.3, 0.4) is 0 Å². The van der Waals surface area contributed by atoms with Gasteiger partial charge in [0.2, 0.25) is 0 Å². The van der Waals surface area contributed by atoms with Crippen molar-refractivity contribution in [1.82, 2.24) is 10.2 Å². The molecule has 0 aliphatic carbocycles. The van der Waals surface area contributed by atoms with Crippen LogP contribution in [0.1, 0.15) is 21.3 Å². The van der Waals surface area contributed by atoms with Crippen LogP contribution in [0.15, 0.2) is 60.0 Å². The van der Waals surface area contributed by atoms with E-state index in [4.69, 9.17) is 4.74 Å². The third-order valence-electron chi connectivity index (χ3n) is 4.85. The highest BCUT2D eigenvalue weighted by Crippen LogP contribution is 2.26. The number of morpholine rings is 1. The van der Waals surface area contributed by atoms with Crippen molar-refractivity contribution in [3.63, 3.8) is 0 Å².